The zero-order chi connectivity index (χ0) is 17.1. The highest BCUT2D eigenvalue weighted by molar-refractivity contribution is 5.99. The number of unbranched alkanes of at least 4 members (excludes halogenated alkanes) is 1. The Morgan fingerprint density at radius 3 is 2.00 bits per heavy atom. The van der Waals surface area contributed by atoms with E-state index in [2.05, 4.69) is 6.92 Å². The minimum absolute atomic E-state index is 0.147. The molecule has 0 aromatic heterocycles. The largest absolute Gasteiger partial charge is 0.478 e. The minimum Gasteiger partial charge on any atom is -0.478 e. The van der Waals surface area contributed by atoms with E-state index in [9.17, 15) is 14.7 Å². The number of aliphatic carboxylic acids is 1. The van der Waals surface area contributed by atoms with E-state index in [1.54, 1.807) is 0 Å². The molecule has 0 bridgehead atoms. The van der Waals surface area contributed by atoms with Crippen LogP contribution in [0.1, 0.15) is 79.6 Å². The fourth-order valence-corrected chi connectivity index (χ4v) is 2.39. The number of ether oxygens (including phenoxy) is 1. The van der Waals surface area contributed by atoms with Gasteiger partial charge < -0.3 is 9.84 Å². The van der Waals surface area contributed by atoms with Crippen molar-refractivity contribution < 1.29 is 19.4 Å². The second kappa shape index (κ2) is 11.3. The smallest absolute Gasteiger partial charge is 0.334 e. The Kier molecular flexibility index (Phi) is 10.6. The summed E-state index contributed by atoms with van der Waals surface area (Å²) < 4.78 is 5.63. The summed E-state index contributed by atoms with van der Waals surface area (Å²) in [7, 11) is 0. The molecule has 128 valence electrons. The number of carboxylic acids is 1. The first-order chi connectivity index (χ1) is 10.4. The van der Waals surface area contributed by atoms with Crippen LogP contribution in [0.15, 0.2) is 11.1 Å². The molecule has 0 aliphatic heterocycles. The van der Waals surface area contributed by atoms with Gasteiger partial charge in [-0.25, -0.2) is 9.59 Å². The average Bonchev–Trinajstić information content (AvgIpc) is 2.45. The number of hydrogen-bond donors (Lipinski definition) is 1. The standard InChI is InChI=1S/C18H32O4/c1-6-9-12-15(14(10-7-2)17(19)20)18(21)22-16(11-8-3)13(4)5/h13,16H,6-12H2,1-5H3,(H,19,20)/b15-14-. The van der Waals surface area contributed by atoms with Crippen molar-refractivity contribution in [1.82, 2.24) is 0 Å². The van der Waals surface area contributed by atoms with Gasteiger partial charge in [-0.05, 0) is 31.6 Å². The van der Waals surface area contributed by atoms with E-state index in [4.69, 9.17) is 4.74 Å². The van der Waals surface area contributed by atoms with Crippen molar-refractivity contribution in [3.63, 3.8) is 0 Å². The van der Waals surface area contributed by atoms with Crippen LogP contribution in [0.3, 0.4) is 0 Å². The lowest BCUT2D eigenvalue weighted by Crippen LogP contribution is -2.25. The summed E-state index contributed by atoms with van der Waals surface area (Å²) >= 11 is 0. The minimum atomic E-state index is -0.999. The Hall–Kier alpha value is -1.32. The van der Waals surface area contributed by atoms with Crippen molar-refractivity contribution in [2.24, 2.45) is 5.92 Å². The third-order valence-electron chi connectivity index (χ3n) is 3.72. The van der Waals surface area contributed by atoms with Gasteiger partial charge in [0.15, 0.2) is 0 Å². The van der Waals surface area contributed by atoms with Crippen molar-refractivity contribution >= 4 is 11.9 Å². The van der Waals surface area contributed by atoms with E-state index in [0.717, 1.165) is 25.7 Å². The van der Waals surface area contributed by atoms with Gasteiger partial charge in [-0.3, -0.25) is 0 Å². The molecule has 0 heterocycles. The zero-order valence-electron chi connectivity index (χ0n) is 14.8. The lowest BCUT2D eigenvalue weighted by atomic mass is 9.98. The van der Waals surface area contributed by atoms with E-state index in [1.807, 2.05) is 27.7 Å². The summed E-state index contributed by atoms with van der Waals surface area (Å²) in [4.78, 5) is 24.0. The number of hydrogen-bond acceptors (Lipinski definition) is 3. The zero-order valence-corrected chi connectivity index (χ0v) is 14.8. The second-order valence-electron chi connectivity index (χ2n) is 6.09. The van der Waals surface area contributed by atoms with Crippen LogP contribution < -0.4 is 0 Å². The van der Waals surface area contributed by atoms with E-state index in [0.29, 0.717) is 24.8 Å². The molecule has 4 nitrogen and oxygen atoms in total. The summed E-state index contributed by atoms with van der Waals surface area (Å²) in [6.07, 6.45) is 4.89. The average molecular weight is 312 g/mol. The molecular formula is C18H32O4. The van der Waals surface area contributed by atoms with Crippen LogP contribution in [-0.4, -0.2) is 23.1 Å². The SMILES string of the molecule is CCCC/C(C(=O)OC(CCC)C(C)C)=C(\CCC)C(=O)O. The quantitative estimate of drug-likeness (QED) is 0.442. The van der Waals surface area contributed by atoms with Gasteiger partial charge in [0.05, 0.1) is 0 Å². The summed E-state index contributed by atoms with van der Waals surface area (Å²) in [5.41, 5.74) is 0.581. The molecule has 0 aromatic rings. The molecule has 1 N–H and O–H groups in total. The Morgan fingerprint density at radius 1 is 0.955 bits per heavy atom. The molecule has 0 aliphatic carbocycles. The first-order valence-electron chi connectivity index (χ1n) is 8.55. The highest BCUT2D eigenvalue weighted by atomic mass is 16.5. The molecule has 0 saturated carbocycles. The molecule has 1 atom stereocenters. The van der Waals surface area contributed by atoms with E-state index in [1.165, 1.54) is 0 Å². The topological polar surface area (TPSA) is 63.6 Å². The van der Waals surface area contributed by atoms with Gasteiger partial charge in [-0.15, -0.1) is 0 Å². The normalized spacial score (nSPS) is 13.7. The van der Waals surface area contributed by atoms with Gasteiger partial charge in [0.2, 0.25) is 0 Å². The number of esters is 1. The molecule has 0 radical (unpaired) electrons. The molecule has 0 saturated heterocycles. The summed E-state index contributed by atoms with van der Waals surface area (Å²) in [6.45, 7) is 10.0. The Bertz CT molecular complexity index is 383. The molecular weight excluding hydrogens is 280 g/mol. The lowest BCUT2D eigenvalue weighted by Gasteiger charge is -2.22. The van der Waals surface area contributed by atoms with Crippen LogP contribution in [0.4, 0.5) is 0 Å². The number of carbonyl (C=O) groups is 2. The highest BCUT2D eigenvalue weighted by Crippen LogP contribution is 2.22. The van der Waals surface area contributed by atoms with Gasteiger partial charge in [0, 0.05) is 11.1 Å². The van der Waals surface area contributed by atoms with Crippen LogP contribution in [0.5, 0.6) is 0 Å². The fraction of sp³-hybridized carbons (Fsp3) is 0.778. The molecule has 0 spiro atoms. The van der Waals surface area contributed by atoms with Crippen LogP contribution in [0, 0.1) is 5.92 Å². The molecule has 0 aromatic carbocycles. The predicted octanol–water partition coefficient (Wildman–Crippen LogP) is 4.73. The fourth-order valence-electron chi connectivity index (χ4n) is 2.39. The maximum Gasteiger partial charge on any atom is 0.334 e. The Morgan fingerprint density at radius 2 is 1.59 bits per heavy atom. The van der Waals surface area contributed by atoms with Gasteiger partial charge >= 0.3 is 11.9 Å². The van der Waals surface area contributed by atoms with E-state index in [-0.39, 0.29) is 17.6 Å². The summed E-state index contributed by atoms with van der Waals surface area (Å²) in [6, 6.07) is 0. The van der Waals surface area contributed by atoms with Crippen molar-refractivity contribution in [1.29, 1.82) is 0 Å². The van der Waals surface area contributed by atoms with Crippen LogP contribution in [-0.2, 0) is 14.3 Å². The lowest BCUT2D eigenvalue weighted by molar-refractivity contribution is -0.147. The van der Waals surface area contributed by atoms with Gasteiger partial charge in [-0.2, -0.15) is 0 Å². The predicted molar refractivity (Wildman–Crippen MR) is 88.7 cm³/mol. The second-order valence-corrected chi connectivity index (χ2v) is 6.09. The van der Waals surface area contributed by atoms with Gasteiger partial charge in [-0.1, -0.05) is 53.9 Å². The first-order valence-corrected chi connectivity index (χ1v) is 8.55. The molecule has 0 fully saturated rings. The molecule has 22 heavy (non-hydrogen) atoms. The monoisotopic (exact) mass is 312 g/mol. The molecule has 0 aliphatic rings. The highest BCUT2D eigenvalue weighted by Gasteiger charge is 2.24. The van der Waals surface area contributed by atoms with Crippen molar-refractivity contribution in [2.75, 3.05) is 0 Å². The Labute approximate surface area is 134 Å². The number of rotatable bonds is 11. The van der Waals surface area contributed by atoms with Crippen molar-refractivity contribution in [2.45, 2.75) is 85.7 Å². The third kappa shape index (κ3) is 7.10. The van der Waals surface area contributed by atoms with Gasteiger partial charge in [0.1, 0.15) is 6.10 Å². The molecule has 0 amide bonds. The van der Waals surface area contributed by atoms with Gasteiger partial charge in [0.25, 0.3) is 0 Å². The maximum atomic E-state index is 12.5. The van der Waals surface area contributed by atoms with Crippen LogP contribution in [0.2, 0.25) is 0 Å². The number of carbonyl (C=O) groups excluding carboxylic acids is 1. The van der Waals surface area contributed by atoms with Crippen molar-refractivity contribution in [3.8, 4) is 0 Å². The molecule has 0 rings (SSSR count). The first kappa shape index (κ1) is 20.7. The van der Waals surface area contributed by atoms with E-state index >= 15 is 0 Å². The Balaban J connectivity index is 5.35. The molecule has 4 heteroatoms. The summed E-state index contributed by atoms with van der Waals surface area (Å²) in [5, 5.41) is 9.40. The maximum absolute atomic E-state index is 12.5. The number of carboxylic acid groups (broad SMARTS) is 1. The van der Waals surface area contributed by atoms with E-state index < -0.39 is 11.9 Å². The van der Waals surface area contributed by atoms with Crippen LogP contribution >= 0.6 is 0 Å². The third-order valence-corrected chi connectivity index (χ3v) is 3.72. The van der Waals surface area contributed by atoms with Crippen molar-refractivity contribution in [3.05, 3.63) is 11.1 Å². The summed E-state index contributed by atoms with van der Waals surface area (Å²) in [5.74, 6) is -1.20. The van der Waals surface area contributed by atoms with Crippen LogP contribution in [0.25, 0.3) is 0 Å². The molecule has 1 unspecified atom stereocenters.